The van der Waals surface area contributed by atoms with Crippen LogP contribution in [-0.4, -0.2) is 83.8 Å². The molecule has 1 spiro atoms. The summed E-state index contributed by atoms with van der Waals surface area (Å²) in [6.07, 6.45) is 11.6. The molecule has 13 heteroatoms. The molecule has 4 aliphatic rings. The maximum absolute atomic E-state index is 13.4. The number of unbranched alkanes of at least 4 members (excludes halogenated alkanes) is 1. The molecule has 3 fully saturated rings. The van der Waals surface area contributed by atoms with Gasteiger partial charge in [0, 0.05) is 48.9 Å². The molecule has 0 radical (unpaired) electrons. The lowest BCUT2D eigenvalue weighted by Gasteiger charge is -2.40. The van der Waals surface area contributed by atoms with Crippen molar-refractivity contribution in [1.29, 1.82) is 0 Å². The number of benzene rings is 2. The average Bonchev–Trinajstić information content (AvgIpc) is 3.58. The van der Waals surface area contributed by atoms with Crippen LogP contribution in [0.3, 0.4) is 0 Å². The van der Waals surface area contributed by atoms with Gasteiger partial charge in [-0.3, -0.25) is 43.9 Å². The van der Waals surface area contributed by atoms with Gasteiger partial charge in [-0.2, -0.15) is 5.10 Å². The van der Waals surface area contributed by atoms with E-state index in [0.29, 0.717) is 25.2 Å². The second-order valence-electron chi connectivity index (χ2n) is 13.5. The molecular weight excluding hydrogens is 624 g/mol. The quantitative estimate of drug-likeness (QED) is 0.201. The van der Waals surface area contributed by atoms with Crippen LogP contribution in [0.25, 0.3) is 22.3 Å². The Morgan fingerprint density at radius 3 is 2.59 bits per heavy atom. The molecular formula is C36H36N8O5. The Morgan fingerprint density at radius 1 is 0.959 bits per heavy atom. The number of rotatable bonds is 9. The highest BCUT2D eigenvalue weighted by molar-refractivity contribution is 6.23. The van der Waals surface area contributed by atoms with Crippen molar-refractivity contribution in [2.75, 3.05) is 18.4 Å². The van der Waals surface area contributed by atoms with Crippen molar-refractivity contribution in [3.63, 3.8) is 0 Å². The van der Waals surface area contributed by atoms with Gasteiger partial charge in [0.1, 0.15) is 6.04 Å². The number of para-hydroxylation sites is 2. The van der Waals surface area contributed by atoms with E-state index in [1.165, 1.54) is 0 Å². The zero-order chi connectivity index (χ0) is 33.7. The number of hydrogen-bond acceptors (Lipinski definition) is 9. The van der Waals surface area contributed by atoms with Gasteiger partial charge in [0.25, 0.3) is 11.8 Å². The maximum atomic E-state index is 13.4. The number of imide groups is 2. The number of piperidine rings is 2. The van der Waals surface area contributed by atoms with E-state index in [2.05, 4.69) is 25.6 Å². The summed E-state index contributed by atoms with van der Waals surface area (Å²) in [6, 6.07) is 12.0. The molecule has 2 aromatic heterocycles. The predicted molar refractivity (Wildman–Crippen MR) is 178 cm³/mol. The van der Waals surface area contributed by atoms with Gasteiger partial charge in [0.2, 0.25) is 17.7 Å². The number of carbonyl (C=O) groups is 5. The summed E-state index contributed by atoms with van der Waals surface area (Å²) in [5.41, 5.74) is 4.53. The second kappa shape index (κ2) is 12.2. The number of fused-ring (bicyclic) bond motifs is 2. The molecule has 2 atom stereocenters. The van der Waals surface area contributed by atoms with Crippen molar-refractivity contribution in [3.8, 4) is 11.3 Å². The summed E-state index contributed by atoms with van der Waals surface area (Å²) in [6.45, 7) is 1.31. The third kappa shape index (κ3) is 5.72. The van der Waals surface area contributed by atoms with Crippen LogP contribution in [0.5, 0.6) is 0 Å². The smallest absolute Gasteiger partial charge is 0.262 e. The van der Waals surface area contributed by atoms with E-state index in [9.17, 15) is 24.0 Å². The summed E-state index contributed by atoms with van der Waals surface area (Å²) in [5.74, 6) is -1.90. The van der Waals surface area contributed by atoms with Gasteiger partial charge in [0.15, 0.2) is 0 Å². The summed E-state index contributed by atoms with van der Waals surface area (Å²) in [4.78, 5) is 75.6. The number of carbonyl (C=O) groups excluding carboxylic acids is 5. The Labute approximate surface area is 282 Å². The van der Waals surface area contributed by atoms with Gasteiger partial charge in [-0.1, -0.05) is 12.1 Å². The topological polar surface area (TPSA) is 159 Å². The molecule has 2 aromatic carbocycles. The second-order valence-corrected chi connectivity index (χ2v) is 13.5. The lowest BCUT2D eigenvalue weighted by molar-refractivity contribution is -0.137. The van der Waals surface area contributed by atoms with Crippen molar-refractivity contribution in [3.05, 3.63) is 72.2 Å². The molecule has 3 aliphatic heterocycles. The van der Waals surface area contributed by atoms with Crippen molar-refractivity contribution in [2.45, 2.75) is 75.4 Å². The van der Waals surface area contributed by atoms with Crippen LogP contribution in [0.4, 0.5) is 5.69 Å². The highest BCUT2D eigenvalue weighted by Gasteiger charge is 2.53. The fourth-order valence-corrected chi connectivity index (χ4v) is 7.52. The zero-order valence-electron chi connectivity index (χ0n) is 26.9. The first kappa shape index (κ1) is 30.8. The lowest BCUT2D eigenvalue weighted by atomic mass is 9.94. The first-order valence-electron chi connectivity index (χ1n) is 17.0. The standard InChI is InChI=1S/C36H36N8O5/c45-31-11-10-30(33(47)41-31)44-34(48)25-9-8-23(17-26(25)35(44)49)37-15-4-3-7-32(46)42-16-12-24(18-36(42)13-14-36)43-21-22(19-39-43)29-20-38-27-5-1-2-6-28(27)40-29/h1-2,5-6,8-9,17,19-21,24,30,37H,3-4,7,10-16,18H2,(H,41,45,47). The summed E-state index contributed by atoms with van der Waals surface area (Å²) < 4.78 is 2.04. The largest absolute Gasteiger partial charge is 0.385 e. The Bertz CT molecular complexity index is 2020. The van der Waals surface area contributed by atoms with Gasteiger partial charge in [-0.25, -0.2) is 4.98 Å². The average molecular weight is 661 g/mol. The van der Waals surface area contributed by atoms with Crippen molar-refractivity contribution < 1.29 is 24.0 Å². The molecule has 5 amide bonds. The minimum absolute atomic E-state index is 0.0775. The van der Waals surface area contributed by atoms with Gasteiger partial charge in [-0.05, 0) is 75.3 Å². The summed E-state index contributed by atoms with van der Waals surface area (Å²) in [7, 11) is 0. The van der Waals surface area contributed by atoms with Gasteiger partial charge < -0.3 is 10.2 Å². The fraction of sp³-hybridized carbons (Fsp3) is 0.389. The van der Waals surface area contributed by atoms with E-state index < -0.39 is 29.7 Å². The van der Waals surface area contributed by atoms with Crippen LogP contribution < -0.4 is 10.6 Å². The van der Waals surface area contributed by atoms with E-state index in [-0.39, 0.29) is 41.5 Å². The number of amides is 5. The summed E-state index contributed by atoms with van der Waals surface area (Å²) >= 11 is 0. The van der Waals surface area contributed by atoms with Gasteiger partial charge in [-0.15, -0.1) is 0 Å². The molecule has 2 saturated heterocycles. The Morgan fingerprint density at radius 2 is 1.78 bits per heavy atom. The van der Waals surface area contributed by atoms with Gasteiger partial charge >= 0.3 is 0 Å². The molecule has 1 aliphatic carbocycles. The fourth-order valence-electron chi connectivity index (χ4n) is 7.52. The molecule has 0 bridgehead atoms. The lowest BCUT2D eigenvalue weighted by Crippen LogP contribution is -2.54. The van der Waals surface area contributed by atoms with E-state index in [0.717, 1.165) is 65.7 Å². The third-order valence-corrected chi connectivity index (χ3v) is 10.3. The number of likely N-dealkylation sites (tertiary alicyclic amines) is 1. The predicted octanol–water partition coefficient (Wildman–Crippen LogP) is 3.87. The number of aromatic nitrogens is 4. The monoisotopic (exact) mass is 660 g/mol. The molecule has 49 heavy (non-hydrogen) atoms. The summed E-state index contributed by atoms with van der Waals surface area (Å²) in [5, 5.41) is 10.2. The number of nitrogens with one attached hydrogen (secondary N) is 2. The first-order valence-corrected chi connectivity index (χ1v) is 17.0. The molecule has 1 saturated carbocycles. The highest BCUT2D eigenvalue weighted by atomic mass is 16.2. The van der Waals surface area contributed by atoms with Crippen LogP contribution in [0.2, 0.25) is 0 Å². The molecule has 250 valence electrons. The SMILES string of the molecule is O=C1CCC(N2C(=O)c3ccc(NCCCCC(=O)N4CCC(n5cc(-c6cnc7ccccc7n6)cn5)CC45CC5)cc3C2=O)C(=O)N1. The highest BCUT2D eigenvalue weighted by Crippen LogP contribution is 2.51. The molecule has 4 aromatic rings. The van der Waals surface area contributed by atoms with Crippen LogP contribution in [0, 0.1) is 0 Å². The van der Waals surface area contributed by atoms with Crippen LogP contribution in [0.1, 0.15) is 84.5 Å². The number of nitrogens with zero attached hydrogens (tertiary/aromatic N) is 6. The van der Waals surface area contributed by atoms with E-state index in [1.54, 1.807) is 24.4 Å². The van der Waals surface area contributed by atoms with Crippen molar-refractivity contribution >= 4 is 46.3 Å². The molecule has 13 nitrogen and oxygen atoms in total. The van der Waals surface area contributed by atoms with Crippen molar-refractivity contribution in [1.82, 2.24) is 34.9 Å². The maximum Gasteiger partial charge on any atom is 0.262 e. The number of anilines is 1. The molecule has 2 unspecified atom stereocenters. The van der Waals surface area contributed by atoms with Crippen molar-refractivity contribution in [2.24, 2.45) is 0 Å². The normalized spacial score (nSPS) is 21.3. The first-order chi connectivity index (χ1) is 23.8. The molecule has 2 N–H and O–H groups in total. The van der Waals surface area contributed by atoms with Gasteiger partial charge in [0.05, 0.1) is 46.3 Å². The Balaban J connectivity index is 0.817. The number of hydrogen-bond donors (Lipinski definition) is 2. The zero-order valence-corrected chi connectivity index (χ0v) is 26.9. The molecule has 5 heterocycles. The van der Waals surface area contributed by atoms with E-state index in [1.807, 2.05) is 41.3 Å². The Hall–Kier alpha value is -5.46. The van der Waals surface area contributed by atoms with Crippen LogP contribution >= 0.6 is 0 Å². The van der Waals surface area contributed by atoms with E-state index in [4.69, 9.17) is 4.98 Å². The minimum atomic E-state index is -0.991. The van der Waals surface area contributed by atoms with Crippen LogP contribution in [-0.2, 0) is 14.4 Å². The van der Waals surface area contributed by atoms with Crippen LogP contribution in [0.15, 0.2) is 61.1 Å². The van der Waals surface area contributed by atoms with E-state index >= 15 is 0 Å². The minimum Gasteiger partial charge on any atom is -0.385 e. The Kier molecular flexibility index (Phi) is 7.69. The third-order valence-electron chi connectivity index (χ3n) is 10.3. The molecule has 8 rings (SSSR count).